The number of anilines is 2. The van der Waals surface area contributed by atoms with Gasteiger partial charge in [0, 0.05) is 25.0 Å². The molecule has 4 heteroatoms. The molecule has 2 aromatic carbocycles. The summed E-state index contributed by atoms with van der Waals surface area (Å²) in [5, 5.41) is 6.46. The van der Waals surface area contributed by atoms with Gasteiger partial charge in [0.25, 0.3) is 0 Å². The molecular formula is C23H24N2O2. The number of hydrogen-bond donors (Lipinski definition) is 2. The molecule has 2 aliphatic rings. The lowest BCUT2D eigenvalue weighted by Gasteiger charge is -2.33. The molecule has 0 atom stereocenters. The fourth-order valence-electron chi connectivity index (χ4n) is 3.65. The first-order chi connectivity index (χ1) is 13.0. The summed E-state index contributed by atoms with van der Waals surface area (Å²) in [6.07, 6.45) is 8.76. The molecule has 4 rings (SSSR count). The van der Waals surface area contributed by atoms with Crippen LogP contribution in [0.3, 0.4) is 0 Å². The molecule has 1 amide bonds. The smallest absolute Gasteiger partial charge is 0.242 e. The minimum Gasteiger partial charge on any atom is -0.384 e. The van der Waals surface area contributed by atoms with Crippen molar-refractivity contribution in [3.05, 3.63) is 84.0 Å². The molecule has 1 aliphatic carbocycles. The molecule has 1 heterocycles. The molecule has 0 saturated heterocycles. The highest BCUT2D eigenvalue weighted by atomic mass is 16.5. The molecule has 138 valence electrons. The minimum absolute atomic E-state index is 0.0785. The van der Waals surface area contributed by atoms with Gasteiger partial charge < -0.3 is 15.4 Å². The zero-order chi connectivity index (χ0) is 18.9. The molecule has 2 aromatic rings. The van der Waals surface area contributed by atoms with Gasteiger partial charge in [-0.05, 0) is 42.7 Å². The lowest BCUT2D eigenvalue weighted by molar-refractivity contribution is -0.118. The first-order valence-electron chi connectivity index (χ1n) is 9.24. The lowest BCUT2D eigenvalue weighted by atomic mass is 9.74. The van der Waals surface area contributed by atoms with E-state index < -0.39 is 11.0 Å². The number of ether oxygens (including phenoxy) is 1. The Morgan fingerprint density at radius 2 is 1.81 bits per heavy atom. The Bertz CT molecular complexity index is 901. The van der Waals surface area contributed by atoms with Gasteiger partial charge >= 0.3 is 0 Å². The van der Waals surface area contributed by atoms with Gasteiger partial charge in [0.2, 0.25) is 5.91 Å². The van der Waals surface area contributed by atoms with E-state index in [2.05, 4.69) is 16.7 Å². The van der Waals surface area contributed by atoms with E-state index in [0.29, 0.717) is 0 Å². The second-order valence-electron chi connectivity index (χ2n) is 7.29. The summed E-state index contributed by atoms with van der Waals surface area (Å²) in [5.74, 6) is -0.0785. The number of amides is 1. The average Bonchev–Trinajstić information content (AvgIpc) is 3.17. The van der Waals surface area contributed by atoms with Crippen LogP contribution in [-0.2, 0) is 21.4 Å². The number of benzene rings is 2. The number of nitrogens with one attached hydrogen (secondary N) is 2. The molecule has 0 fully saturated rings. The highest BCUT2D eigenvalue weighted by Gasteiger charge is 2.39. The Hall–Kier alpha value is -2.85. The van der Waals surface area contributed by atoms with Crippen molar-refractivity contribution in [2.75, 3.05) is 24.3 Å². The topological polar surface area (TPSA) is 50.4 Å². The van der Waals surface area contributed by atoms with Crippen LogP contribution in [-0.4, -0.2) is 25.2 Å². The standard InChI is InChI=1S/C23H24N2O2/c1-22(27-2)11-13-23(14-12-22,18-6-4-3-5-7-18)21(26)25-19-8-9-20-17(16-19)10-15-24-20/h3-9,11-14,16,24H,10,15H2,1-2H3,(H,25,26). The van der Waals surface area contributed by atoms with E-state index in [0.717, 1.165) is 29.9 Å². The Morgan fingerprint density at radius 1 is 1.07 bits per heavy atom. The Labute approximate surface area is 159 Å². The predicted molar refractivity (Wildman–Crippen MR) is 109 cm³/mol. The zero-order valence-corrected chi connectivity index (χ0v) is 15.7. The van der Waals surface area contributed by atoms with Gasteiger partial charge in [0.05, 0.1) is 0 Å². The Morgan fingerprint density at radius 3 is 2.52 bits per heavy atom. The van der Waals surface area contributed by atoms with Crippen molar-refractivity contribution in [1.29, 1.82) is 0 Å². The summed E-state index contributed by atoms with van der Waals surface area (Å²) in [5.41, 5.74) is 2.77. The fraction of sp³-hybridized carbons (Fsp3) is 0.261. The third-order valence-corrected chi connectivity index (χ3v) is 5.49. The van der Waals surface area contributed by atoms with Gasteiger partial charge in [-0.2, -0.15) is 0 Å². The molecule has 0 radical (unpaired) electrons. The van der Waals surface area contributed by atoms with Crippen LogP contribution in [0, 0.1) is 0 Å². The van der Waals surface area contributed by atoms with E-state index in [1.165, 1.54) is 5.56 Å². The molecule has 0 bridgehead atoms. The highest BCUT2D eigenvalue weighted by Crippen LogP contribution is 2.36. The summed E-state index contributed by atoms with van der Waals surface area (Å²) in [6.45, 7) is 2.92. The summed E-state index contributed by atoms with van der Waals surface area (Å²) in [7, 11) is 1.67. The van der Waals surface area contributed by atoms with Gasteiger partial charge in [0.1, 0.15) is 11.0 Å². The van der Waals surface area contributed by atoms with Crippen LogP contribution < -0.4 is 10.6 Å². The maximum atomic E-state index is 13.4. The molecule has 1 aliphatic heterocycles. The number of fused-ring (bicyclic) bond motifs is 1. The first kappa shape index (κ1) is 17.6. The second-order valence-corrected chi connectivity index (χ2v) is 7.29. The quantitative estimate of drug-likeness (QED) is 0.809. The zero-order valence-electron chi connectivity index (χ0n) is 15.7. The van der Waals surface area contributed by atoms with Gasteiger partial charge in [-0.1, -0.05) is 54.6 Å². The minimum atomic E-state index is -0.865. The van der Waals surface area contributed by atoms with Crippen LogP contribution in [0.15, 0.2) is 72.8 Å². The first-order valence-corrected chi connectivity index (χ1v) is 9.24. The van der Waals surface area contributed by atoms with Crippen molar-refractivity contribution in [2.24, 2.45) is 0 Å². The summed E-state index contributed by atoms with van der Waals surface area (Å²) < 4.78 is 5.54. The van der Waals surface area contributed by atoms with Crippen molar-refractivity contribution < 1.29 is 9.53 Å². The van der Waals surface area contributed by atoms with E-state index in [9.17, 15) is 4.79 Å². The van der Waals surface area contributed by atoms with Crippen molar-refractivity contribution in [3.63, 3.8) is 0 Å². The molecule has 0 spiro atoms. The third kappa shape index (κ3) is 3.17. The Kier molecular flexibility index (Phi) is 4.36. The van der Waals surface area contributed by atoms with E-state index >= 15 is 0 Å². The number of hydrogen-bond acceptors (Lipinski definition) is 3. The molecule has 0 aromatic heterocycles. The van der Waals surface area contributed by atoms with Crippen molar-refractivity contribution in [3.8, 4) is 0 Å². The monoisotopic (exact) mass is 360 g/mol. The van der Waals surface area contributed by atoms with Crippen LogP contribution in [0.4, 0.5) is 11.4 Å². The molecule has 4 nitrogen and oxygen atoms in total. The van der Waals surface area contributed by atoms with Crippen LogP contribution in [0.25, 0.3) is 0 Å². The van der Waals surface area contributed by atoms with Crippen molar-refractivity contribution in [1.82, 2.24) is 0 Å². The maximum absolute atomic E-state index is 13.4. The number of methoxy groups -OCH3 is 1. The SMILES string of the molecule is COC1(C)C=CC(C(=O)Nc2ccc3c(c2)CCN3)(c2ccccc2)C=C1. The summed E-state index contributed by atoms with van der Waals surface area (Å²) in [6, 6.07) is 15.9. The second kappa shape index (κ2) is 6.71. The van der Waals surface area contributed by atoms with Gasteiger partial charge in [-0.25, -0.2) is 0 Å². The van der Waals surface area contributed by atoms with Gasteiger partial charge in [-0.3, -0.25) is 4.79 Å². The fourth-order valence-corrected chi connectivity index (χ4v) is 3.65. The van der Waals surface area contributed by atoms with Crippen LogP contribution in [0.2, 0.25) is 0 Å². The molecule has 0 unspecified atom stereocenters. The lowest BCUT2D eigenvalue weighted by Crippen LogP contribution is -2.40. The molecule has 27 heavy (non-hydrogen) atoms. The highest BCUT2D eigenvalue weighted by molar-refractivity contribution is 6.03. The number of carbonyl (C=O) groups is 1. The van der Waals surface area contributed by atoms with Gasteiger partial charge in [0.15, 0.2) is 0 Å². The van der Waals surface area contributed by atoms with E-state index in [1.54, 1.807) is 7.11 Å². The summed E-state index contributed by atoms with van der Waals surface area (Å²) in [4.78, 5) is 13.4. The van der Waals surface area contributed by atoms with Crippen LogP contribution in [0.5, 0.6) is 0 Å². The van der Waals surface area contributed by atoms with Gasteiger partial charge in [-0.15, -0.1) is 0 Å². The predicted octanol–water partition coefficient (Wildman–Crippen LogP) is 4.06. The average molecular weight is 360 g/mol. The number of carbonyl (C=O) groups excluding carboxylic acids is 1. The largest absolute Gasteiger partial charge is 0.384 e. The van der Waals surface area contributed by atoms with Crippen molar-refractivity contribution >= 4 is 17.3 Å². The van der Waals surface area contributed by atoms with E-state index in [1.807, 2.05) is 73.7 Å². The van der Waals surface area contributed by atoms with Crippen LogP contribution in [0.1, 0.15) is 18.1 Å². The molecular weight excluding hydrogens is 336 g/mol. The van der Waals surface area contributed by atoms with Crippen molar-refractivity contribution in [2.45, 2.75) is 24.4 Å². The maximum Gasteiger partial charge on any atom is 0.242 e. The van der Waals surface area contributed by atoms with Crippen LogP contribution >= 0.6 is 0 Å². The van der Waals surface area contributed by atoms with E-state index in [4.69, 9.17) is 4.74 Å². The number of rotatable bonds is 4. The molecule has 0 saturated carbocycles. The Balaban J connectivity index is 1.68. The van der Waals surface area contributed by atoms with E-state index in [-0.39, 0.29) is 5.91 Å². The normalized spacial score (nSPS) is 25.7. The third-order valence-electron chi connectivity index (χ3n) is 5.49. The molecule has 2 N–H and O–H groups in total. The summed E-state index contributed by atoms with van der Waals surface area (Å²) >= 11 is 0.